The van der Waals surface area contributed by atoms with Crippen molar-refractivity contribution in [2.24, 2.45) is 10.7 Å². The molecule has 1 amide bonds. The Morgan fingerprint density at radius 1 is 1.63 bits per heavy atom. The van der Waals surface area contributed by atoms with E-state index in [1.54, 1.807) is 13.0 Å². The Kier molecular flexibility index (Phi) is 5.02. The average molecular weight is 266 g/mol. The van der Waals surface area contributed by atoms with Crippen LogP contribution in [-0.2, 0) is 19.1 Å². The number of nitrogens with one attached hydrogen (secondary N) is 1. The zero-order chi connectivity index (χ0) is 14.4. The largest absolute Gasteiger partial charge is 0.462 e. The van der Waals surface area contributed by atoms with E-state index < -0.39 is 18.1 Å². The topological polar surface area (TPSA) is 127 Å². The summed E-state index contributed by atoms with van der Waals surface area (Å²) in [5, 5.41) is 11.6. The minimum absolute atomic E-state index is 0.0275. The van der Waals surface area contributed by atoms with Gasteiger partial charge in [0.2, 0.25) is 0 Å². The summed E-state index contributed by atoms with van der Waals surface area (Å²) in [4.78, 5) is 26.8. The number of rotatable bonds is 4. The fraction of sp³-hybridized carbons (Fsp3) is 0.455. The third-order valence-corrected chi connectivity index (χ3v) is 2.31. The van der Waals surface area contributed by atoms with E-state index in [-0.39, 0.29) is 30.1 Å². The van der Waals surface area contributed by atoms with Crippen LogP contribution >= 0.6 is 0 Å². The number of aliphatic imine (C=N–C) groups is 1. The number of hydrogen-bond donors (Lipinski definition) is 2. The lowest BCUT2D eigenvalue weighted by atomic mass is 10.2. The number of methoxy groups -OCH3 is 1. The van der Waals surface area contributed by atoms with E-state index >= 15 is 0 Å². The highest BCUT2D eigenvalue weighted by Gasteiger charge is 2.26. The molecule has 0 saturated carbocycles. The zero-order valence-corrected chi connectivity index (χ0v) is 10.6. The highest BCUT2D eigenvalue weighted by molar-refractivity contribution is 6.37. The van der Waals surface area contributed by atoms with Crippen LogP contribution in [0.3, 0.4) is 0 Å². The maximum atomic E-state index is 11.7. The van der Waals surface area contributed by atoms with Crippen LogP contribution in [0.1, 0.15) is 13.3 Å². The fourth-order valence-corrected chi connectivity index (χ4v) is 1.44. The molecule has 1 unspecified atom stereocenters. The first kappa shape index (κ1) is 14.7. The van der Waals surface area contributed by atoms with Crippen LogP contribution in [0.15, 0.2) is 16.4 Å². The fourth-order valence-electron chi connectivity index (χ4n) is 1.44. The van der Waals surface area contributed by atoms with Crippen LogP contribution in [0, 0.1) is 11.3 Å². The quantitative estimate of drug-likeness (QED) is 0.640. The molecule has 0 aromatic heterocycles. The Bertz CT molecular complexity index is 489. The molecule has 1 aliphatic rings. The molecule has 0 aromatic carbocycles. The number of allylic oxidation sites excluding steroid dienone is 1. The number of primary amides is 1. The standard InChI is InChI=1S/C11H14N4O4/c1-3-19-11(17)6-4-8(18-2)14-7(5-12)9(15-6)10(13)16/h8,14H,3-4H2,1-2H3,(H2,13,16). The molecular formula is C11H14N4O4. The summed E-state index contributed by atoms with van der Waals surface area (Å²) in [6.07, 6.45) is -0.619. The number of nitriles is 1. The van der Waals surface area contributed by atoms with Crippen LogP contribution < -0.4 is 11.1 Å². The van der Waals surface area contributed by atoms with Gasteiger partial charge < -0.3 is 20.5 Å². The highest BCUT2D eigenvalue weighted by atomic mass is 16.5. The first-order chi connectivity index (χ1) is 9.03. The van der Waals surface area contributed by atoms with Crippen molar-refractivity contribution in [3.05, 3.63) is 11.4 Å². The monoisotopic (exact) mass is 266 g/mol. The normalized spacial score (nSPS) is 18.8. The molecule has 1 rings (SSSR count). The van der Waals surface area contributed by atoms with Gasteiger partial charge >= 0.3 is 5.97 Å². The second-order valence-corrected chi connectivity index (χ2v) is 3.55. The van der Waals surface area contributed by atoms with Gasteiger partial charge in [0.15, 0.2) is 5.70 Å². The number of carbonyl (C=O) groups is 2. The van der Waals surface area contributed by atoms with Gasteiger partial charge in [0.25, 0.3) is 5.91 Å². The highest BCUT2D eigenvalue weighted by Crippen LogP contribution is 2.13. The number of hydrogen-bond acceptors (Lipinski definition) is 7. The van der Waals surface area contributed by atoms with E-state index in [0.717, 1.165) is 0 Å². The Hall–Kier alpha value is -2.40. The smallest absolute Gasteiger partial charge is 0.352 e. The van der Waals surface area contributed by atoms with Crippen molar-refractivity contribution < 1.29 is 19.1 Å². The first-order valence-corrected chi connectivity index (χ1v) is 5.51. The van der Waals surface area contributed by atoms with Crippen molar-refractivity contribution in [2.45, 2.75) is 19.6 Å². The summed E-state index contributed by atoms with van der Waals surface area (Å²) in [5.41, 5.74) is 4.66. The van der Waals surface area contributed by atoms with Gasteiger partial charge in [-0.05, 0) is 6.92 Å². The first-order valence-electron chi connectivity index (χ1n) is 5.51. The molecule has 0 bridgehead atoms. The van der Waals surface area contributed by atoms with Crippen LogP contribution in [0.2, 0.25) is 0 Å². The molecule has 0 aromatic rings. The molecule has 1 atom stereocenters. The molecule has 0 aliphatic carbocycles. The van der Waals surface area contributed by atoms with E-state index in [9.17, 15) is 9.59 Å². The molecule has 1 heterocycles. The Morgan fingerprint density at radius 2 is 2.32 bits per heavy atom. The molecule has 3 N–H and O–H groups in total. The molecule has 0 radical (unpaired) electrons. The lowest BCUT2D eigenvalue weighted by molar-refractivity contribution is -0.135. The Morgan fingerprint density at radius 3 is 2.79 bits per heavy atom. The molecule has 0 saturated heterocycles. The van der Waals surface area contributed by atoms with Gasteiger partial charge in [-0.1, -0.05) is 0 Å². The summed E-state index contributed by atoms with van der Waals surface area (Å²) < 4.78 is 9.87. The SMILES string of the molecule is CCOC(=O)C1=NC(C(N)=O)=C(C#N)NC(OC)C1. The van der Waals surface area contributed by atoms with Crippen molar-refractivity contribution in [1.29, 1.82) is 5.26 Å². The van der Waals surface area contributed by atoms with Crippen molar-refractivity contribution in [2.75, 3.05) is 13.7 Å². The van der Waals surface area contributed by atoms with E-state index in [1.165, 1.54) is 7.11 Å². The average Bonchev–Trinajstić information content (AvgIpc) is 2.58. The van der Waals surface area contributed by atoms with Crippen LogP contribution in [0.25, 0.3) is 0 Å². The lowest BCUT2D eigenvalue weighted by Crippen LogP contribution is -2.33. The predicted molar refractivity (Wildman–Crippen MR) is 64.5 cm³/mol. The van der Waals surface area contributed by atoms with Crippen molar-refractivity contribution in [3.63, 3.8) is 0 Å². The van der Waals surface area contributed by atoms with Gasteiger partial charge in [0.1, 0.15) is 23.7 Å². The molecule has 8 nitrogen and oxygen atoms in total. The molecule has 1 aliphatic heterocycles. The van der Waals surface area contributed by atoms with Crippen molar-refractivity contribution in [1.82, 2.24) is 5.32 Å². The predicted octanol–water partition coefficient (Wildman–Crippen LogP) is -0.823. The number of nitrogens with two attached hydrogens (primary N) is 1. The maximum Gasteiger partial charge on any atom is 0.352 e. The zero-order valence-electron chi connectivity index (χ0n) is 10.6. The minimum Gasteiger partial charge on any atom is -0.462 e. The van der Waals surface area contributed by atoms with Crippen LogP contribution in [0.4, 0.5) is 0 Å². The number of carbonyl (C=O) groups excluding carboxylic acids is 2. The third-order valence-electron chi connectivity index (χ3n) is 2.31. The van der Waals surface area contributed by atoms with Crippen LogP contribution in [0.5, 0.6) is 0 Å². The second-order valence-electron chi connectivity index (χ2n) is 3.55. The van der Waals surface area contributed by atoms with Gasteiger partial charge in [0.05, 0.1) is 6.61 Å². The lowest BCUT2D eigenvalue weighted by Gasteiger charge is -2.15. The van der Waals surface area contributed by atoms with E-state index in [1.807, 2.05) is 0 Å². The third kappa shape index (κ3) is 3.53. The van der Waals surface area contributed by atoms with Crippen molar-refractivity contribution >= 4 is 17.6 Å². The van der Waals surface area contributed by atoms with Gasteiger partial charge in [0, 0.05) is 13.5 Å². The van der Waals surface area contributed by atoms with Crippen LogP contribution in [-0.4, -0.2) is 37.5 Å². The summed E-state index contributed by atoms with van der Waals surface area (Å²) in [5.74, 6) is -1.59. The Balaban J connectivity index is 3.23. The summed E-state index contributed by atoms with van der Waals surface area (Å²) in [6, 6.07) is 1.76. The maximum absolute atomic E-state index is 11.7. The minimum atomic E-state index is -0.914. The summed E-state index contributed by atoms with van der Waals surface area (Å²) in [6.45, 7) is 1.82. The number of nitrogens with zero attached hydrogens (tertiary/aromatic N) is 2. The van der Waals surface area contributed by atoms with Gasteiger partial charge in [-0.15, -0.1) is 0 Å². The van der Waals surface area contributed by atoms with Gasteiger partial charge in [-0.25, -0.2) is 9.79 Å². The van der Waals surface area contributed by atoms with Gasteiger partial charge in [-0.2, -0.15) is 5.26 Å². The van der Waals surface area contributed by atoms with Crippen molar-refractivity contribution in [3.8, 4) is 6.07 Å². The van der Waals surface area contributed by atoms with Gasteiger partial charge in [-0.3, -0.25) is 4.79 Å². The number of ether oxygens (including phenoxy) is 2. The Labute approximate surface area is 109 Å². The molecule has 0 spiro atoms. The van der Waals surface area contributed by atoms with E-state index in [2.05, 4.69) is 10.3 Å². The molecule has 102 valence electrons. The molecular weight excluding hydrogens is 252 g/mol. The number of esters is 1. The molecule has 0 fully saturated rings. The van der Waals surface area contributed by atoms with E-state index in [0.29, 0.717) is 0 Å². The molecule has 8 heteroatoms. The molecule has 19 heavy (non-hydrogen) atoms. The number of amides is 1. The summed E-state index contributed by atoms with van der Waals surface area (Å²) in [7, 11) is 1.39. The van der Waals surface area contributed by atoms with E-state index in [4.69, 9.17) is 20.5 Å². The summed E-state index contributed by atoms with van der Waals surface area (Å²) >= 11 is 0. The second kappa shape index (κ2) is 6.51.